The van der Waals surface area contributed by atoms with Crippen LogP contribution >= 0.6 is 34.3 Å². The molecule has 0 bridgehead atoms. The molecule has 0 saturated carbocycles. The molecule has 7 heteroatoms. The van der Waals surface area contributed by atoms with Crippen LogP contribution in [0.25, 0.3) is 10.2 Å². The van der Waals surface area contributed by atoms with Gasteiger partial charge in [-0.15, -0.1) is 29.3 Å². The maximum Gasteiger partial charge on any atom is 0.259 e. The lowest BCUT2D eigenvalue weighted by Crippen LogP contribution is -2.25. The Morgan fingerprint density at radius 2 is 2.12 bits per heavy atom. The number of H-pyrrole nitrogens is 1. The third kappa shape index (κ3) is 3.64. The Balaban J connectivity index is 1.62. The van der Waals surface area contributed by atoms with Gasteiger partial charge in [-0.25, -0.2) is 4.98 Å². The topological polar surface area (TPSA) is 49.0 Å². The Kier molecular flexibility index (Phi) is 5.27. The molecule has 0 fully saturated rings. The van der Waals surface area contributed by atoms with E-state index in [4.69, 9.17) is 16.6 Å². The quantitative estimate of drug-likeness (QED) is 0.601. The number of fused-ring (bicyclic) bond motifs is 3. The molecular weight excluding hydrogens is 386 g/mol. The lowest BCUT2D eigenvalue weighted by molar-refractivity contribution is 0.281. The van der Waals surface area contributed by atoms with E-state index in [0.717, 1.165) is 46.9 Å². The van der Waals surface area contributed by atoms with Crippen molar-refractivity contribution in [3.63, 3.8) is 0 Å². The molecule has 1 aliphatic carbocycles. The van der Waals surface area contributed by atoms with Gasteiger partial charge in [-0.3, -0.25) is 9.69 Å². The zero-order valence-corrected chi connectivity index (χ0v) is 16.8. The second kappa shape index (κ2) is 7.64. The molecule has 0 atom stereocenters. The monoisotopic (exact) mass is 405 g/mol. The number of aromatic amines is 1. The van der Waals surface area contributed by atoms with Crippen LogP contribution in [0.15, 0.2) is 29.6 Å². The van der Waals surface area contributed by atoms with Crippen molar-refractivity contribution < 1.29 is 0 Å². The SMILES string of the molecule is C=CCN(Cc1nc2sc3c(c2c(=O)[nH]1)CCCC3)Cc1ccc(Cl)s1. The minimum atomic E-state index is 0.00196. The van der Waals surface area contributed by atoms with Crippen molar-refractivity contribution in [2.24, 2.45) is 0 Å². The number of hydrogen-bond donors (Lipinski definition) is 1. The minimum Gasteiger partial charge on any atom is -0.309 e. The summed E-state index contributed by atoms with van der Waals surface area (Å²) >= 11 is 9.30. The predicted molar refractivity (Wildman–Crippen MR) is 111 cm³/mol. The molecule has 0 radical (unpaired) electrons. The number of thiophene rings is 2. The van der Waals surface area contributed by atoms with Gasteiger partial charge in [0.1, 0.15) is 10.7 Å². The molecule has 0 unspecified atom stereocenters. The molecular formula is C19H20ClN3OS2. The molecule has 0 spiro atoms. The van der Waals surface area contributed by atoms with Crippen LogP contribution in [0.5, 0.6) is 0 Å². The molecule has 26 heavy (non-hydrogen) atoms. The van der Waals surface area contributed by atoms with Crippen LogP contribution < -0.4 is 5.56 Å². The lowest BCUT2D eigenvalue weighted by Gasteiger charge is -2.19. The summed E-state index contributed by atoms with van der Waals surface area (Å²) in [7, 11) is 0. The zero-order chi connectivity index (χ0) is 18.1. The Bertz CT molecular complexity index is 1000. The fourth-order valence-electron chi connectivity index (χ4n) is 3.52. The first-order valence-corrected chi connectivity index (χ1v) is 10.8. The first-order chi connectivity index (χ1) is 12.6. The molecule has 136 valence electrons. The van der Waals surface area contributed by atoms with E-state index in [0.29, 0.717) is 12.4 Å². The molecule has 3 heterocycles. The molecule has 0 saturated heterocycles. The summed E-state index contributed by atoms with van der Waals surface area (Å²) in [4.78, 5) is 26.1. The van der Waals surface area contributed by atoms with E-state index in [2.05, 4.69) is 16.5 Å². The molecule has 3 aromatic rings. The Hall–Kier alpha value is -1.47. The van der Waals surface area contributed by atoms with Crippen LogP contribution in [0, 0.1) is 0 Å². The maximum atomic E-state index is 12.7. The third-order valence-corrected chi connectivity index (χ3v) is 7.04. The van der Waals surface area contributed by atoms with Gasteiger partial charge in [-0.1, -0.05) is 17.7 Å². The van der Waals surface area contributed by atoms with Gasteiger partial charge in [0.05, 0.1) is 16.3 Å². The molecule has 4 rings (SSSR count). The molecule has 4 nitrogen and oxygen atoms in total. The van der Waals surface area contributed by atoms with Gasteiger partial charge in [-0.2, -0.15) is 0 Å². The molecule has 1 aliphatic rings. The fourth-order valence-corrected chi connectivity index (χ4v) is 5.93. The van der Waals surface area contributed by atoms with E-state index in [1.807, 2.05) is 18.2 Å². The summed E-state index contributed by atoms with van der Waals surface area (Å²) in [5.41, 5.74) is 1.23. The highest BCUT2D eigenvalue weighted by atomic mass is 35.5. The number of aromatic nitrogens is 2. The van der Waals surface area contributed by atoms with Crippen LogP contribution in [0.1, 0.15) is 34.0 Å². The highest BCUT2D eigenvalue weighted by Gasteiger charge is 2.20. The highest BCUT2D eigenvalue weighted by molar-refractivity contribution is 7.18. The average Bonchev–Trinajstić information content (AvgIpc) is 3.18. The summed E-state index contributed by atoms with van der Waals surface area (Å²) in [6.07, 6.45) is 6.32. The van der Waals surface area contributed by atoms with Gasteiger partial charge in [0.2, 0.25) is 0 Å². The molecule has 0 amide bonds. The van der Waals surface area contributed by atoms with Gasteiger partial charge >= 0.3 is 0 Å². The van der Waals surface area contributed by atoms with Crippen molar-refractivity contribution in [1.29, 1.82) is 0 Å². The van der Waals surface area contributed by atoms with Crippen molar-refractivity contribution in [2.45, 2.75) is 38.8 Å². The summed E-state index contributed by atoms with van der Waals surface area (Å²) in [5.74, 6) is 0.714. The van der Waals surface area contributed by atoms with E-state index in [1.54, 1.807) is 22.7 Å². The highest BCUT2D eigenvalue weighted by Crippen LogP contribution is 2.33. The van der Waals surface area contributed by atoms with Gasteiger partial charge < -0.3 is 4.98 Å². The van der Waals surface area contributed by atoms with Gasteiger partial charge in [0.15, 0.2) is 0 Å². The lowest BCUT2D eigenvalue weighted by atomic mass is 9.97. The first kappa shape index (κ1) is 17.9. The molecule has 3 aromatic heterocycles. The summed E-state index contributed by atoms with van der Waals surface area (Å²) in [5, 5.41) is 0.814. The predicted octanol–water partition coefficient (Wildman–Crippen LogP) is 4.77. The van der Waals surface area contributed by atoms with E-state index in [1.165, 1.54) is 21.7 Å². The maximum absolute atomic E-state index is 12.7. The number of nitrogens with one attached hydrogen (secondary N) is 1. The van der Waals surface area contributed by atoms with Gasteiger partial charge in [0.25, 0.3) is 5.56 Å². The average molecular weight is 406 g/mol. The van der Waals surface area contributed by atoms with Gasteiger partial charge in [0, 0.05) is 22.8 Å². The van der Waals surface area contributed by atoms with Crippen LogP contribution in [-0.4, -0.2) is 21.4 Å². The first-order valence-electron chi connectivity index (χ1n) is 8.75. The number of hydrogen-bond acceptors (Lipinski definition) is 5. The molecule has 1 N–H and O–H groups in total. The summed E-state index contributed by atoms with van der Waals surface area (Å²) in [6, 6.07) is 3.95. The van der Waals surface area contributed by atoms with Crippen molar-refractivity contribution in [3.8, 4) is 0 Å². The van der Waals surface area contributed by atoms with E-state index < -0.39 is 0 Å². The second-order valence-electron chi connectivity index (χ2n) is 6.57. The summed E-state index contributed by atoms with van der Waals surface area (Å²) < 4.78 is 0.788. The van der Waals surface area contributed by atoms with Crippen LogP contribution in [0.2, 0.25) is 4.34 Å². The van der Waals surface area contributed by atoms with Gasteiger partial charge in [-0.05, 0) is 43.4 Å². The largest absolute Gasteiger partial charge is 0.309 e. The number of rotatable bonds is 6. The minimum absolute atomic E-state index is 0.00196. The van der Waals surface area contributed by atoms with Crippen molar-refractivity contribution >= 4 is 44.5 Å². The van der Waals surface area contributed by atoms with Crippen molar-refractivity contribution in [2.75, 3.05) is 6.54 Å². The Morgan fingerprint density at radius 3 is 2.88 bits per heavy atom. The number of nitrogens with zero attached hydrogens (tertiary/aromatic N) is 2. The standard InChI is InChI=1S/C19H20ClN3OS2/c1-2-9-23(10-12-7-8-15(20)25-12)11-16-21-18(24)17-13-5-3-4-6-14(13)26-19(17)22-16/h2,7-8H,1,3-6,9-11H2,(H,21,22,24). The van der Waals surface area contributed by atoms with E-state index >= 15 is 0 Å². The second-order valence-corrected chi connectivity index (χ2v) is 9.45. The van der Waals surface area contributed by atoms with Crippen molar-refractivity contribution in [3.05, 3.63) is 60.6 Å². The third-order valence-electron chi connectivity index (χ3n) is 4.64. The normalized spacial score (nSPS) is 14.1. The summed E-state index contributed by atoms with van der Waals surface area (Å²) in [6.45, 7) is 5.90. The van der Waals surface area contributed by atoms with Crippen LogP contribution in [0.4, 0.5) is 0 Å². The number of aryl methyl sites for hydroxylation is 2. The smallest absolute Gasteiger partial charge is 0.259 e. The zero-order valence-electron chi connectivity index (χ0n) is 14.4. The van der Waals surface area contributed by atoms with E-state index in [-0.39, 0.29) is 5.56 Å². The number of halogens is 1. The molecule has 0 aromatic carbocycles. The van der Waals surface area contributed by atoms with Crippen LogP contribution in [-0.2, 0) is 25.9 Å². The Labute approximate surface area is 165 Å². The van der Waals surface area contributed by atoms with Crippen molar-refractivity contribution in [1.82, 2.24) is 14.9 Å². The van der Waals surface area contributed by atoms with E-state index in [9.17, 15) is 4.79 Å². The fraction of sp³-hybridized carbons (Fsp3) is 0.368. The Morgan fingerprint density at radius 1 is 1.27 bits per heavy atom. The molecule has 0 aliphatic heterocycles. The van der Waals surface area contributed by atoms with Crippen LogP contribution in [0.3, 0.4) is 0 Å².